The van der Waals surface area contributed by atoms with E-state index in [1.165, 1.54) is 12.1 Å². The molecule has 2 aliphatic rings. The summed E-state index contributed by atoms with van der Waals surface area (Å²) < 4.78 is 30.6. The molecule has 0 saturated carbocycles. The average molecular weight is 404 g/mol. The van der Waals surface area contributed by atoms with Gasteiger partial charge in [0, 0.05) is 23.1 Å². The highest BCUT2D eigenvalue weighted by Gasteiger charge is 2.40. The third-order valence-electron chi connectivity index (χ3n) is 5.57. The van der Waals surface area contributed by atoms with Crippen molar-refractivity contribution in [3.8, 4) is 17.2 Å². The Balaban J connectivity index is 1.57. The Morgan fingerprint density at radius 1 is 0.967 bits per heavy atom. The van der Waals surface area contributed by atoms with E-state index in [4.69, 9.17) is 19.3 Å². The number of para-hydroxylation sites is 1. The number of benzene rings is 3. The van der Waals surface area contributed by atoms with Crippen molar-refractivity contribution in [2.75, 3.05) is 14.2 Å². The van der Waals surface area contributed by atoms with Crippen LogP contribution in [0.2, 0.25) is 0 Å². The molecule has 5 nitrogen and oxygen atoms in total. The molecule has 0 saturated heterocycles. The fraction of sp³-hybridized carbons (Fsp3) is 0.208. The predicted molar refractivity (Wildman–Crippen MR) is 111 cm³/mol. The van der Waals surface area contributed by atoms with E-state index in [-0.39, 0.29) is 11.9 Å². The number of ether oxygens (including phenoxy) is 3. The van der Waals surface area contributed by atoms with Gasteiger partial charge in [0.25, 0.3) is 0 Å². The quantitative estimate of drug-likeness (QED) is 0.608. The number of rotatable bonds is 4. The summed E-state index contributed by atoms with van der Waals surface area (Å²) in [6.45, 7) is 0. The fourth-order valence-corrected chi connectivity index (χ4v) is 4.07. The molecule has 0 radical (unpaired) electrons. The minimum atomic E-state index is -0.428. The van der Waals surface area contributed by atoms with Gasteiger partial charge in [-0.05, 0) is 36.4 Å². The van der Waals surface area contributed by atoms with Gasteiger partial charge in [-0.1, -0.05) is 30.3 Å². The number of halogens is 1. The molecule has 3 aromatic rings. The van der Waals surface area contributed by atoms with Crippen molar-refractivity contribution in [3.63, 3.8) is 0 Å². The van der Waals surface area contributed by atoms with Crippen LogP contribution >= 0.6 is 0 Å². The lowest BCUT2D eigenvalue weighted by Gasteiger charge is -2.38. The normalized spacial score (nSPS) is 19.4. The molecule has 0 N–H and O–H groups in total. The third kappa shape index (κ3) is 3.05. The van der Waals surface area contributed by atoms with Gasteiger partial charge in [0.05, 0.1) is 26.0 Å². The number of hydrogen-bond donors (Lipinski definition) is 0. The van der Waals surface area contributed by atoms with E-state index in [0.29, 0.717) is 11.5 Å². The standard InChI is InChI=1S/C24H21FN2O3/c1-28-22-12-9-16(13-23(22)29-2)19-14-20-18-5-3-4-6-21(18)30-24(27(20)26-19)15-7-10-17(25)11-8-15/h3-13,20,24H,14H2,1-2H3/t20-,24-/m1/s1. The molecule has 0 amide bonds. The molecule has 0 fully saturated rings. The molecule has 30 heavy (non-hydrogen) atoms. The van der Waals surface area contributed by atoms with Crippen molar-refractivity contribution in [2.45, 2.75) is 18.7 Å². The second-order valence-corrected chi connectivity index (χ2v) is 7.28. The molecular formula is C24H21FN2O3. The Hall–Kier alpha value is -3.54. The summed E-state index contributed by atoms with van der Waals surface area (Å²) in [5.74, 6) is 1.89. The highest BCUT2D eigenvalue weighted by Crippen LogP contribution is 2.47. The maximum atomic E-state index is 13.5. The first kappa shape index (κ1) is 18.5. The zero-order valence-electron chi connectivity index (χ0n) is 16.7. The second-order valence-electron chi connectivity index (χ2n) is 7.28. The van der Waals surface area contributed by atoms with Gasteiger partial charge in [-0.15, -0.1) is 0 Å². The minimum absolute atomic E-state index is 0.0353. The summed E-state index contributed by atoms with van der Waals surface area (Å²) in [6, 6.07) is 20.2. The number of methoxy groups -OCH3 is 2. The van der Waals surface area contributed by atoms with Gasteiger partial charge in [0.15, 0.2) is 11.5 Å². The first-order chi connectivity index (χ1) is 14.7. The van der Waals surface area contributed by atoms with E-state index >= 15 is 0 Å². The molecule has 2 aliphatic heterocycles. The lowest BCUT2D eigenvalue weighted by molar-refractivity contribution is -0.0190. The van der Waals surface area contributed by atoms with Gasteiger partial charge < -0.3 is 14.2 Å². The molecule has 152 valence electrons. The lowest BCUT2D eigenvalue weighted by atomic mass is 9.96. The van der Waals surface area contributed by atoms with Crippen LogP contribution in [-0.4, -0.2) is 24.9 Å². The Labute approximate surface area is 174 Å². The summed E-state index contributed by atoms with van der Waals surface area (Å²) in [5.41, 5.74) is 3.86. The Morgan fingerprint density at radius 2 is 1.73 bits per heavy atom. The molecule has 0 aromatic heterocycles. The van der Waals surface area contributed by atoms with Crippen LogP contribution in [0.5, 0.6) is 17.2 Å². The van der Waals surface area contributed by atoms with Gasteiger partial charge in [-0.3, -0.25) is 0 Å². The molecule has 0 spiro atoms. The van der Waals surface area contributed by atoms with Crippen molar-refractivity contribution in [3.05, 3.63) is 89.2 Å². The summed E-state index contributed by atoms with van der Waals surface area (Å²) >= 11 is 0. The van der Waals surface area contributed by atoms with Crippen LogP contribution in [-0.2, 0) is 0 Å². The van der Waals surface area contributed by atoms with Crippen molar-refractivity contribution in [1.29, 1.82) is 0 Å². The van der Waals surface area contributed by atoms with Gasteiger partial charge >= 0.3 is 0 Å². The van der Waals surface area contributed by atoms with Crippen LogP contribution in [0.1, 0.15) is 35.4 Å². The highest BCUT2D eigenvalue weighted by molar-refractivity contribution is 6.02. The Bertz CT molecular complexity index is 1110. The SMILES string of the molecule is COc1ccc(C2=NN3[C@H](C2)c2ccccc2O[C@@H]3c2ccc(F)cc2)cc1OC. The predicted octanol–water partition coefficient (Wildman–Crippen LogP) is 5.09. The number of fused-ring (bicyclic) bond motifs is 3. The number of hydrazone groups is 1. The van der Waals surface area contributed by atoms with Crippen molar-refractivity contribution >= 4 is 5.71 Å². The summed E-state index contributed by atoms with van der Waals surface area (Å²) in [7, 11) is 3.24. The van der Waals surface area contributed by atoms with Crippen molar-refractivity contribution in [2.24, 2.45) is 5.10 Å². The zero-order chi connectivity index (χ0) is 20.7. The molecule has 2 heterocycles. The molecule has 0 unspecified atom stereocenters. The topological polar surface area (TPSA) is 43.3 Å². The van der Waals surface area contributed by atoms with Crippen LogP contribution in [0.3, 0.4) is 0 Å². The summed E-state index contributed by atoms with van der Waals surface area (Å²) in [4.78, 5) is 0. The van der Waals surface area contributed by atoms with Crippen LogP contribution < -0.4 is 14.2 Å². The smallest absolute Gasteiger partial charge is 0.213 e. The molecule has 0 bridgehead atoms. The van der Waals surface area contributed by atoms with Crippen molar-refractivity contribution in [1.82, 2.24) is 5.01 Å². The van der Waals surface area contributed by atoms with E-state index in [9.17, 15) is 4.39 Å². The van der Waals surface area contributed by atoms with E-state index in [0.717, 1.165) is 34.6 Å². The van der Waals surface area contributed by atoms with Crippen LogP contribution in [0.15, 0.2) is 71.8 Å². The fourth-order valence-electron chi connectivity index (χ4n) is 4.07. The van der Waals surface area contributed by atoms with Crippen LogP contribution in [0.25, 0.3) is 0 Å². The molecule has 2 atom stereocenters. The van der Waals surface area contributed by atoms with Gasteiger partial charge in [-0.2, -0.15) is 5.10 Å². The highest BCUT2D eigenvalue weighted by atomic mass is 19.1. The van der Waals surface area contributed by atoms with Crippen molar-refractivity contribution < 1.29 is 18.6 Å². The molecule has 5 rings (SSSR count). The first-order valence-corrected chi connectivity index (χ1v) is 9.77. The van der Waals surface area contributed by atoms with Crippen LogP contribution in [0.4, 0.5) is 4.39 Å². The monoisotopic (exact) mass is 404 g/mol. The summed E-state index contributed by atoms with van der Waals surface area (Å²) in [6.07, 6.45) is 0.302. The number of hydrogen-bond acceptors (Lipinski definition) is 5. The van der Waals surface area contributed by atoms with E-state index in [1.54, 1.807) is 26.4 Å². The molecule has 6 heteroatoms. The van der Waals surface area contributed by atoms with Gasteiger partial charge in [0.2, 0.25) is 6.23 Å². The van der Waals surface area contributed by atoms with Gasteiger partial charge in [-0.25, -0.2) is 9.40 Å². The van der Waals surface area contributed by atoms with E-state index in [1.807, 2.05) is 41.4 Å². The van der Waals surface area contributed by atoms with Gasteiger partial charge in [0.1, 0.15) is 11.6 Å². The number of nitrogens with zero attached hydrogens (tertiary/aromatic N) is 2. The minimum Gasteiger partial charge on any atom is -0.493 e. The average Bonchev–Trinajstić information content (AvgIpc) is 3.24. The van der Waals surface area contributed by atoms with E-state index in [2.05, 4.69) is 6.07 Å². The molecule has 3 aromatic carbocycles. The molecular weight excluding hydrogens is 383 g/mol. The third-order valence-corrected chi connectivity index (χ3v) is 5.57. The maximum absolute atomic E-state index is 13.5. The maximum Gasteiger partial charge on any atom is 0.213 e. The molecule has 0 aliphatic carbocycles. The lowest BCUT2D eigenvalue weighted by Crippen LogP contribution is -2.33. The zero-order valence-corrected chi connectivity index (χ0v) is 16.7. The largest absolute Gasteiger partial charge is 0.493 e. The Kier molecular flexibility index (Phi) is 4.54. The van der Waals surface area contributed by atoms with Crippen LogP contribution in [0, 0.1) is 5.82 Å². The first-order valence-electron chi connectivity index (χ1n) is 9.77. The Morgan fingerprint density at radius 3 is 2.50 bits per heavy atom. The summed E-state index contributed by atoms with van der Waals surface area (Å²) in [5, 5.41) is 6.90. The second kappa shape index (κ2) is 7.37. The van der Waals surface area contributed by atoms with E-state index < -0.39 is 6.23 Å².